The highest BCUT2D eigenvalue weighted by Gasteiger charge is 2.11. The lowest BCUT2D eigenvalue weighted by atomic mass is 10.2. The van der Waals surface area contributed by atoms with Gasteiger partial charge in [0, 0.05) is 31.0 Å². The number of fused-ring (bicyclic) bond motifs is 1. The van der Waals surface area contributed by atoms with Crippen LogP contribution in [0.15, 0.2) is 54.9 Å². The lowest BCUT2D eigenvalue weighted by Gasteiger charge is -2.20. The molecule has 1 N–H and O–H groups in total. The van der Waals surface area contributed by atoms with Crippen molar-refractivity contribution in [2.75, 3.05) is 18.0 Å². The molecule has 24 heavy (non-hydrogen) atoms. The average molecular weight is 322 g/mol. The third kappa shape index (κ3) is 3.25. The van der Waals surface area contributed by atoms with Gasteiger partial charge in [-0.15, -0.1) is 0 Å². The molecule has 3 aromatic rings. The Labute approximate surface area is 141 Å². The predicted molar refractivity (Wildman–Crippen MR) is 96.4 cm³/mol. The number of aromatic nitrogens is 2. The quantitative estimate of drug-likeness (QED) is 0.758. The number of hydrogen-bond donors (Lipinski definition) is 1. The largest absolute Gasteiger partial charge is 0.358 e. The van der Waals surface area contributed by atoms with Crippen LogP contribution < -0.4 is 10.2 Å². The van der Waals surface area contributed by atoms with Gasteiger partial charge in [-0.2, -0.15) is 0 Å². The summed E-state index contributed by atoms with van der Waals surface area (Å²) >= 11 is 0. The minimum atomic E-state index is -0.0956. The third-order valence-electron chi connectivity index (χ3n) is 4.14. The molecule has 0 unspecified atom stereocenters. The first-order valence-electron chi connectivity index (χ1n) is 8.27. The molecule has 3 heterocycles. The van der Waals surface area contributed by atoms with Gasteiger partial charge >= 0.3 is 0 Å². The molecule has 0 saturated heterocycles. The predicted octanol–water partition coefficient (Wildman–Crippen LogP) is 3.11. The minimum Gasteiger partial charge on any atom is -0.358 e. The van der Waals surface area contributed by atoms with E-state index in [1.54, 1.807) is 6.20 Å². The Balaban J connectivity index is 1.81. The molecule has 0 spiro atoms. The summed E-state index contributed by atoms with van der Waals surface area (Å²) in [6.45, 7) is 6.54. The fourth-order valence-electron chi connectivity index (χ4n) is 2.80. The van der Waals surface area contributed by atoms with Crippen LogP contribution in [0, 0.1) is 0 Å². The molecule has 0 bridgehead atoms. The van der Waals surface area contributed by atoms with Gasteiger partial charge in [-0.05, 0) is 50.2 Å². The van der Waals surface area contributed by atoms with E-state index in [1.165, 1.54) is 0 Å². The third-order valence-corrected chi connectivity index (χ3v) is 4.14. The van der Waals surface area contributed by atoms with Crippen LogP contribution in [0.4, 0.5) is 5.82 Å². The van der Waals surface area contributed by atoms with Crippen LogP contribution in [0.5, 0.6) is 0 Å². The van der Waals surface area contributed by atoms with Gasteiger partial charge in [-0.3, -0.25) is 9.78 Å². The lowest BCUT2D eigenvalue weighted by molar-refractivity contribution is 0.0950. The number of amides is 1. The summed E-state index contributed by atoms with van der Waals surface area (Å²) in [4.78, 5) is 18.9. The van der Waals surface area contributed by atoms with Crippen molar-refractivity contribution in [3.05, 3.63) is 66.1 Å². The first-order chi connectivity index (χ1) is 11.7. The van der Waals surface area contributed by atoms with Crippen molar-refractivity contribution in [3.8, 4) is 0 Å². The van der Waals surface area contributed by atoms with Crippen molar-refractivity contribution >= 4 is 17.2 Å². The topological polar surface area (TPSA) is 49.6 Å². The summed E-state index contributed by atoms with van der Waals surface area (Å²) in [5.74, 6) is 1.01. The summed E-state index contributed by atoms with van der Waals surface area (Å²) < 4.78 is 2.07. The number of rotatable bonds is 6. The summed E-state index contributed by atoms with van der Waals surface area (Å²) in [7, 11) is 0. The zero-order valence-electron chi connectivity index (χ0n) is 14.1. The Kier molecular flexibility index (Phi) is 4.79. The second kappa shape index (κ2) is 7.17. The van der Waals surface area contributed by atoms with E-state index in [2.05, 4.69) is 45.6 Å². The molecule has 3 rings (SSSR count). The molecule has 0 aliphatic heterocycles. The maximum absolute atomic E-state index is 12.4. The minimum absolute atomic E-state index is 0.0956. The first kappa shape index (κ1) is 16.1. The molecule has 0 aliphatic rings. The average Bonchev–Trinajstić information content (AvgIpc) is 3.05. The van der Waals surface area contributed by atoms with Crippen LogP contribution >= 0.6 is 0 Å². The second-order valence-corrected chi connectivity index (χ2v) is 5.58. The van der Waals surface area contributed by atoms with Crippen molar-refractivity contribution < 1.29 is 4.79 Å². The van der Waals surface area contributed by atoms with Crippen LogP contribution in [-0.2, 0) is 6.54 Å². The SMILES string of the molecule is CCN(CC)c1ccc2ccc(C(=O)NCc3ccccn3)cn12. The highest BCUT2D eigenvalue weighted by Crippen LogP contribution is 2.20. The number of hydrogen-bond acceptors (Lipinski definition) is 3. The normalized spacial score (nSPS) is 10.8. The van der Waals surface area contributed by atoms with E-state index in [1.807, 2.05) is 36.5 Å². The maximum atomic E-state index is 12.4. The monoisotopic (exact) mass is 322 g/mol. The molecule has 5 nitrogen and oxygen atoms in total. The Morgan fingerprint density at radius 2 is 1.92 bits per heavy atom. The van der Waals surface area contributed by atoms with Crippen LogP contribution in [0.25, 0.3) is 5.52 Å². The molecule has 0 aromatic carbocycles. The van der Waals surface area contributed by atoms with Crippen LogP contribution in [0.2, 0.25) is 0 Å². The molecule has 0 radical (unpaired) electrons. The van der Waals surface area contributed by atoms with Gasteiger partial charge in [0.1, 0.15) is 5.82 Å². The number of nitrogens with zero attached hydrogens (tertiary/aromatic N) is 3. The zero-order chi connectivity index (χ0) is 16.9. The second-order valence-electron chi connectivity index (χ2n) is 5.58. The number of pyridine rings is 2. The fourth-order valence-corrected chi connectivity index (χ4v) is 2.80. The van der Waals surface area contributed by atoms with Gasteiger partial charge in [0.25, 0.3) is 5.91 Å². The van der Waals surface area contributed by atoms with E-state index in [9.17, 15) is 4.79 Å². The van der Waals surface area contributed by atoms with E-state index >= 15 is 0 Å². The first-order valence-corrected chi connectivity index (χ1v) is 8.27. The van der Waals surface area contributed by atoms with Gasteiger partial charge < -0.3 is 14.6 Å². The molecule has 0 atom stereocenters. The van der Waals surface area contributed by atoms with Crippen molar-refractivity contribution in [2.24, 2.45) is 0 Å². The number of nitrogens with one attached hydrogen (secondary N) is 1. The Hall–Kier alpha value is -2.82. The van der Waals surface area contributed by atoms with Crippen molar-refractivity contribution in [1.82, 2.24) is 14.7 Å². The molecule has 1 amide bonds. The van der Waals surface area contributed by atoms with Gasteiger partial charge in [0.05, 0.1) is 17.8 Å². The van der Waals surface area contributed by atoms with Gasteiger partial charge in [0.15, 0.2) is 0 Å². The lowest BCUT2D eigenvalue weighted by Crippen LogP contribution is -2.25. The molecule has 0 fully saturated rings. The van der Waals surface area contributed by atoms with Crippen LogP contribution in [0.1, 0.15) is 29.9 Å². The van der Waals surface area contributed by atoms with E-state index in [0.717, 1.165) is 30.1 Å². The van der Waals surface area contributed by atoms with Crippen molar-refractivity contribution in [2.45, 2.75) is 20.4 Å². The van der Waals surface area contributed by atoms with E-state index in [4.69, 9.17) is 0 Å². The smallest absolute Gasteiger partial charge is 0.253 e. The van der Waals surface area contributed by atoms with Crippen molar-refractivity contribution in [3.63, 3.8) is 0 Å². The number of carbonyl (C=O) groups is 1. The van der Waals surface area contributed by atoms with E-state index < -0.39 is 0 Å². The molecule has 3 aromatic heterocycles. The van der Waals surface area contributed by atoms with Gasteiger partial charge in [-0.25, -0.2) is 0 Å². The van der Waals surface area contributed by atoms with Gasteiger partial charge in [0.2, 0.25) is 0 Å². The number of anilines is 1. The summed E-state index contributed by atoms with van der Waals surface area (Å²) in [6, 6.07) is 13.7. The fraction of sp³-hybridized carbons (Fsp3) is 0.263. The van der Waals surface area contributed by atoms with Crippen molar-refractivity contribution in [1.29, 1.82) is 0 Å². The molecular formula is C19H22N4O. The standard InChI is InChI=1S/C19H22N4O/c1-3-22(4-2)18-11-10-17-9-8-15(14-23(17)18)19(24)21-13-16-7-5-6-12-20-16/h5-12,14H,3-4,13H2,1-2H3,(H,21,24). The summed E-state index contributed by atoms with van der Waals surface area (Å²) in [6.07, 6.45) is 3.63. The molecule has 0 aliphatic carbocycles. The van der Waals surface area contributed by atoms with E-state index in [-0.39, 0.29) is 5.91 Å². The molecule has 0 saturated carbocycles. The molecular weight excluding hydrogens is 300 g/mol. The highest BCUT2D eigenvalue weighted by atomic mass is 16.1. The number of carbonyl (C=O) groups excluding carboxylic acids is 1. The van der Waals surface area contributed by atoms with Crippen LogP contribution in [-0.4, -0.2) is 28.4 Å². The Morgan fingerprint density at radius 1 is 1.12 bits per heavy atom. The highest BCUT2D eigenvalue weighted by molar-refractivity contribution is 5.94. The zero-order valence-corrected chi connectivity index (χ0v) is 14.1. The summed E-state index contributed by atoms with van der Waals surface area (Å²) in [5, 5.41) is 2.92. The van der Waals surface area contributed by atoms with Crippen LogP contribution in [0.3, 0.4) is 0 Å². The van der Waals surface area contributed by atoms with Gasteiger partial charge in [-0.1, -0.05) is 6.07 Å². The van der Waals surface area contributed by atoms with E-state index in [0.29, 0.717) is 12.1 Å². The Morgan fingerprint density at radius 3 is 2.62 bits per heavy atom. The molecule has 124 valence electrons. The molecule has 5 heteroatoms. The Bertz CT molecular complexity index is 822. The summed E-state index contributed by atoms with van der Waals surface area (Å²) in [5.41, 5.74) is 2.57. The maximum Gasteiger partial charge on any atom is 0.253 e.